The molecule has 2 aromatic rings. The molecule has 2 atom stereocenters. The Balaban J connectivity index is 2.04. The van der Waals surface area contributed by atoms with E-state index >= 15 is 0 Å². The number of sulfonamides is 1. The van der Waals surface area contributed by atoms with Gasteiger partial charge in [0.25, 0.3) is 0 Å². The van der Waals surface area contributed by atoms with Crippen molar-refractivity contribution in [3.05, 3.63) is 40.8 Å². The first kappa shape index (κ1) is 16.2. The molecule has 0 saturated carbocycles. The number of fused-ring (bicyclic) bond motifs is 1. The van der Waals surface area contributed by atoms with E-state index in [1.54, 1.807) is 12.1 Å². The van der Waals surface area contributed by atoms with Crippen LogP contribution in [0, 0.1) is 0 Å². The summed E-state index contributed by atoms with van der Waals surface area (Å²) in [5, 5.41) is 0.583. The number of nitrogens with two attached hydrogens (primary N) is 1. The van der Waals surface area contributed by atoms with Crippen LogP contribution in [0.1, 0.15) is 26.2 Å². The molecule has 7 heteroatoms. The normalized spacial score (nSPS) is 21.4. The van der Waals surface area contributed by atoms with Gasteiger partial charge in [-0.25, -0.2) is 13.2 Å². The zero-order valence-electron chi connectivity index (χ0n) is 12.9. The van der Waals surface area contributed by atoms with Crippen LogP contribution < -0.4 is 11.4 Å². The van der Waals surface area contributed by atoms with E-state index in [1.165, 1.54) is 22.5 Å². The fourth-order valence-corrected chi connectivity index (χ4v) is 4.91. The summed E-state index contributed by atoms with van der Waals surface area (Å²) in [4.78, 5) is 11.4. The summed E-state index contributed by atoms with van der Waals surface area (Å²) in [6.07, 6.45) is 2.60. The molecule has 0 radical (unpaired) electrons. The molecule has 0 amide bonds. The smallest absolute Gasteiger partial charge is 0.336 e. The van der Waals surface area contributed by atoms with Crippen molar-refractivity contribution in [2.24, 2.45) is 5.73 Å². The molecule has 2 N–H and O–H groups in total. The van der Waals surface area contributed by atoms with Crippen molar-refractivity contribution in [3.63, 3.8) is 0 Å². The topological polar surface area (TPSA) is 93.6 Å². The standard InChI is InChI=1S/C16H20N2O4S/c1-11(17)14-4-2-3-9-18(14)23(20,21)13-6-7-15-12(10-13)5-8-16(19)22-15/h5-8,10-11,14H,2-4,9,17H2,1H3. The lowest BCUT2D eigenvalue weighted by Gasteiger charge is -2.36. The van der Waals surface area contributed by atoms with Crippen LogP contribution in [-0.2, 0) is 10.0 Å². The molecule has 0 bridgehead atoms. The lowest BCUT2D eigenvalue weighted by Crippen LogP contribution is -2.51. The molecule has 1 aliphatic rings. The number of hydrogen-bond acceptors (Lipinski definition) is 5. The monoisotopic (exact) mass is 336 g/mol. The Morgan fingerprint density at radius 1 is 1.26 bits per heavy atom. The van der Waals surface area contributed by atoms with Crippen molar-refractivity contribution in [3.8, 4) is 0 Å². The maximum atomic E-state index is 13.0. The molecule has 6 nitrogen and oxygen atoms in total. The van der Waals surface area contributed by atoms with E-state index in [-0.39, 0.29) is 17.0 Å². The van der Waals surface area contributed by atoms with Gasteiger partial charge in [-0.3, -0.25) is 0 Å². The van der Waals surface area contributed by atoms with Gasteiger partial charge in [0.2, 0.25) is 10.0 Å². The van der Waals surface area contributed by atoms with Crippen LogP contribution in [0.5, 0.6) is 0 Å². The number of nitrogens with zero attached hydrogens (tertiary/aromatic N) is 1. The lowest BCUT2D eigenvalue weighted by atomic mass is 10.00. The fraction of sp³-hybridized carbons (Fsp3) is 0.438. The van der Waals surface area contributed by atoms with Crippen LogP contribution >= 0.6 is 0 Å². The molecule has 0 aliphatic carbocycles. The molecule has 3 rings (SSSR count). The predicted molar refractivity (Wildman–Crippen MR) is 87.7 cm³/mol. The Bertz CT molecular complexity index is 873. The Labute approximate surface area is 134 Å². The third-order valence-electron chi connectivity index (χ3n) is 4.30. The number of piperidine rings is 1. The Morgan fingerprint density at radius 3 is 2.78 bits per heavy atom. The van der Waals surface area contributed by atoms with Gasteiger partial charge in [-0.2, -0.15) is 4.31 Å². The molecular formula is C16H20N2O4S. The quantitative estimate of drug-likeness (QED) is 0.861. The van der Waals surface area contributed by atoms with Gasteiger partial charge < -0.3 is 10.2 Å². The van der Waals surface area contributed by atoms with Gasteiger partial charge in [-0.1, -0.05) is 6.42 Å². The average Bonchev–Trinajstić information content (AvgIpc) is 2.54. The van der Waals surface area contributed by atoms with Crippen molar-refractivity contribution in [2.45, 2.75) is 43.2 Å². The molecule has 1 saturated heterocycles. The zero-order valence-corrected chi connectivity index (χ0v) is 13.8. The zero-order chi connectivity index (χ0) is 16.6. The molecule has 2 heterocycles. The van der Waals surface area contributed by atoms with E-state index in [0.717, 1.165) is 19.3 Å². The van der Waals surface area contributed by atoms with Crippen LogP contribution in [0.4, 0.5) is 0 Å². The Morgan fingerprint density at radius 2 is 2.04 bits per heavy atom. The van der Waals surface area contributed by atoms with Gasteiger partial charge in [0.05, 0.1) is 4.90 Å². The molecule has 1 aromatic carbocycles. The molecular weight excluding hydrogens is 316 g/mol. The highest BCUT2D eigenvalue weighted by molar-refractivity contribution is 7.89. The van der Waals surface area contributed by atoms with Crippen LogP contribution in [0.3, 0.4) is 0 Å². The second-order valence-electron chi connectivity index (χ2n) is 5.99. The lowest BCUT2D eigenvalue weighted by molar-refractivity contribution is 0.227. The second-order valence-corrected chi connectivity index (χ2v) is 7.88. The molecule has 2 unspecified atom stereocenters. The molecule has 23 heavy (non-hydrogen) atoms. The van der Waals surface area contributed by atoms with Crippen LogP contribution in [0.15, 0.2) is 44.4 Å². The van der Waals surface area contributed by atoms with Crippen molar-refractivity contribution in [1.29, 1.82) is 0 Å². The highest BCUT2D eigenvalue weighted by atomic mass is 32.2. The van der Waals surface area contributed by atoms with Gasteiger partial charge in [0.15, 0.2) is 0 Å². The maximum absolute atomic E-state index is 13.0. The summed E-state index contributed by atoms with van der Waals surface area (Å²) in [7, 11) is -3.62. The van der Waals surface area contributed by atoms with E-state index in [9.17, 15) is 13.2 Å². The minimum Gasteiger partial charge on any atom is -0.423 e. The first-order valence-corrected chi connectivity index (χ1v) is 9.15. The number of hydrogen-bond donors (Lipinski definition) is 1. The third-order valence-corrected chi connectivity index (χ3v) is 6.22. The maximum Gasteiger partial charge on any atom is 0.336 e. The van der Waals surface area contributed by atoms with E-state index < -0.39 is 15.6 Å². The van der Waals surface area contributed by atoms with E-state index in [2.05, 4.69) is 0 Å². The highest BCUT2D eigenvalue weighted by Gasteiger charge is 2.35. The van der Waals surface area contributed by atoms with Gasteiger partial charge in [-0.15, -0.1) is 0 Å². The van der Waals surface area contributed by atoms with Crippen molar-refractivity contribution >= 4 is 21.0 Å². The first-order valence-electron chi connectivity index (χ1n) is 7.71. The van der Waals surface area contributed by atoms with Gasteiger partial charge in [-0.05, 0) is 44.0 Å². The largest absolute Gasteiger partial charge is 0.423 e. The molecule has 1 aromatic heterocycles. The van der Waals surface area contributed by atoms with Gasteiger partial charge in [0, 0.05) is 30.1 Å². The summed E-state index contributed by atoms with van der Waals surface area (Å²) < 4.78 is 32.5. The van der Waals surface area contributed by atoms with E-state index in [0.29, 0.717) is 17.5 Å². The Kier molecular flexibility index (Phi) is 4.27. The molecule has 1 aliphatic heterocycles. The molecule has 1 fully saturated rings. The van der Waals surface area contributed by atoms with Crippen LogP contribution in [0.2, 0.25) is 0 Å². The van der Waals surface area contributed by atoms with E-state index in [1.807, 2.05) is 6.92 Å². The summed E-state index contributed by atoms with van der Waals surface area (Å²) in [6.45, 7) is 2.32. The summed E-state index contributed by atoms with van der Waals surface area (Å²) >= 11 is 0. The van der Waals surface area contributed by atoms with Crippen molar-refractivity contribution in [2.75, 3.05) is 6.54 Å². The highest BCUT2D eigenvalue weighted by Crippen LogP contribution is 2.28. The minimum atomic E-state index is -3.62. The predicted octanol–water partition coefficient (Wildman–Crippen LogP) is 1.68. The van der Waals surface area contributed by atoms with Crippen LogP contribution in [0.25, 0.3) is 11.0 Å². The third kappa shape index (κ3) is 3.04. The van der Waals surface area contributed by atoms with Crippen LogP contribution in [-0.4, -0.2) is 31.4 Å². The Hall–Kier alpha value is -1.70. The number of benzene rings is 1. The summed E-state index contributed by atoms with van der Waals surface area (Å²) in [6, 6.07) is 6.99. The SMILES string of the molecule is CC(N)C1CCCCN1S(=O)(=O)c1ccc2oc(=O)ccc2c1. The van der Waals surface area contributed by atoms with Gasteiger partial charge >= 0.3 is 5.63 Å². The minimum absolute atomic E-state index is 0.182. The molecule has 124 valence electrons. The van der Waals surface area contributed by atoms with Gasteiger partial charge in [0.1, 0.15) is 5.58 Å². The summed E-state index contributed by atoms with van der Waals surface area (Å²) in [5.74, 6) is 0. The van der Waals surface area contributed by atoms with Crippen molar-refractivity contribution < 1.29 is 12.8 Å². The molecule has 0 spiro atoms. The van der Waals surface area contributed by atoms with E-state index in [4.69, 9.17) is 10.2 Å². The van der Waals surface area contributed by atoms with Crippen molar-refractivity contribution in [1.82, 2.24) is 4.31 Å². The number of rotatable bonds is 3. The average molecular weight is 336 g/mol. The second kappa shape index (κ2) is 6.07. The fourth-order valence-electron chi connectivity index (χ4n) is 3.10. The summed E-state index contributed by atoms with van der Waals surface area (Å²) in [5.41, 5.74) is 5.90. The first-order chi connectivity index (χ1) is 10.9.